The molecule has 1 unspecified atom stereocenters. The van der Waals surface area contributed by atoms with Crippen molar-refractivity contribution in [1.82, 2.24) is 0 Å². The molecule has 0 bridgehead atoms. The first-order chi connectivity index (χ1) is 9.88. The van der Waals surface area contributed by atoms with Gasteiger partial charge in [0.15, 0.2) is 0 Å². The maximum absolute atomic E-state index is 5.02. The normalized spacial score (nSPS) is 21.2. The number of hydrogen-bond donors (Lipinski definition) is 0. The van der Waals surface area contributed by atoms with Gasteiger partial charge in [0.1, 0.15) is 7.11 Å². The maximum Gasteiger partial charge on any atom is 0.106 e. The van der Waals surface area contributed by atoms with E-state index in [9.17, 15) is 0 Å². The number of nitrogens with zero attached hydrogens (tertiary/aromatic N) is 1. The van der Waals surface area contributed by atoms with Crippen LogP contribution >= 0.6 is 0 Å². The fourth-order valence-corrected chi connectivity index (χ4v) is 3.71. The molecule has 0 fully saturated rings. The maximum atomic E-state index is 5.02. The van der Waals surface area contributed by atoms with Gasteiger partial charge in [0.25, 0.3) is 0 Å². The molecule has 2 heteroatoms. The van der Waals surface area contributed by atoms with Gasteiger partial charge in [-0.3, -0.25) is 0 Å². The van der Waals surface area contributed by atoms with Crippen LogP contribution in [0, 0.1) is 0 Å². The zero-order valence-electron chi connectivity index (χ0n) is 11.6. The molecule has 2 aromatic carbocycles. The highest BCUT2D eigenvalue weighted by molar-refractivity contribution is 6.07. The molecule has 4 rings (SSSR count). The number of rotatable bonds is 1. The van der Waals surface area contributed by atoms with E-state index in [1.807, 2.05) is 0 Å². The van der Waals surface area contributed by atoms with Gasteiger partial charge in [-0.05, 0) is 41.0 Å². The summed E-state index contributed by atoms with van der Waals surface area (Å²) in [5, 5.41) is 4.24. The quantitative estimate of drug-likeness (QED) is 0.709. The topological polar surface area (TPSA) is 21.6 Å². The lowest BCUT2D eigenvalue weighted by Crippen LogP contribution is -1.97. The standard InChI is InChI=1S/C18H17NO/c1-20-19-17-11-13-10-9-12-5-2-3-6-14(12)15-7-4-8-16(17)18(13)15/h2-8,13H,9-11H2,1H3/b19-17-. The van der Waals surface area contributed by atoms with Crippen molar-refractivity contribution in [2.75, 3.05) is 7.11 Å². The van der Waals surface area contributed by atoms with Crippen molar-refractivity contribution < 1.29 is 4.84 Å². The van der Waals surface area contributed by atoms with E-state index in [0.29, 0.717) is 5.92 Å². The smallest absolute Gasteiger partial charge is 0.106 e. The Morgan fingerprint density at radius 3 is 2.70 bits per heavy atom. The van der Waals surface area contributed by atoms with Gasteiger partial charge in [0.05, 0.1) is 5.71 Å². The van der Waals surface area contributed by atoms with Crippen LogP contribution < -0.4 is 0 Å². The molecule has 0 saturated carbocycles. The third-order valence-corrected chi connectivity index (χ3v) is 4.54. The van der Waals surface area contributed by atoms with Gasteiger partial charge in [-0.15, -0.1) is 0 Å². The third kappa shape index (κ3) is 1.61. The largest absolute Gasteiger partial charge is 0.399 e. The number of oxime groups is 1. The summed E-state index contributed by atoms with van der Waals surface area (Å²) < 4.78 is 0. The Morgan fingerprint density at radius 2 is 1.80 bits per heavy atom. The Morgan fingerprint density at radius 1 is 1.00 bits per heavy atom. The van der Waals surface area contributed by atoms with Crippen LogP contribution in [0.2, 0.25) is 0 Å². The fourth-order valence-electron chi connectivity index (χ4n) is 3.71. The molecule has 0 aromatic heterocycles. The van der Waals surface area contributed by atoms with Crippen LogP contribution in [0.25, 0.3) is 11.1 Å². The summed E-state index contributed by atoms with van der Waals surface area (Å²) in [5.41, 5.74) is 8.13. The van der Waals surface area contributed by atoms with E-state index in [1.54, 1.807) is 7.11 Å². The predicted octanol–water partition coefficient (Wildman–Crippen LogP) is 4.14. The van der Waals surface area contributed by atoms with Gasteiger partial charge in [0.2, 0.25) is 0 Å². The molecule has 2 aliphatic rings. The fraction of sp³-hybridized carbons (Fsp3) is 0.278. The number of aryl methyl sites for hydroxylation is 1. The first kappa shape index (κ1) is 11.7. The molecule has 100 valence electrons. The van der Waals surface area contributed by atoms with Crippen LogP contribution in [0.4, 0.5) is 0 Å². The van der Waals surface area contributed by atoms with Gasteiger partial charge in [-0.1, -0.05) is 47.6 Å². The van der Waals surface area contributed by atoms with Crippen LogP contribution in [0.15, 0.2) is 47.6 Å². The molecule has 0 aliphatic heterocycles. The van der Waals surface area contributed by atoms with Crippen LogP contribution in [0.3, 0.4) is 0 Å². The Hall–Kier alpha value is -2.09. The summed E-state index contributed by atoms with van der Waals surface area (Å²) in [7, 11) is 1.63. The monoisotopic (exact) mass is 263 g/mol. The van der Waals surface area contributed by atoms with E-state index in [2.05, 4.69) is 47.6 Å². The predicted molar refractivity (Wildman–Crippen MR) is 81.1 cm³/mol. The molecule has 0 amide bonds. The zero-order valence-corrected chi connectivity index (χ0v) is 11.6. The van der Waals surface area contributed by atoms with E-state index >= 15 is 0 Å². The summed E-state index contributed by atoms with van der Waals surface area (Å²) in [6, 6.07) is 15.4. The second-order valence-electron chi connectivity index (χ2n) is 5.58. The van der Waals surface area contributed by atoms with E-state index < -0.39 is 0 Å². The molecule has 0 radical (unpaired) electrons. The van der Waals surface area contributed by atoms with E-state index in [0.717, 1.165) is 18.6 Å². The highest BCUT2D eigenvalue weighted by Gasteiger charge is 2.32. The lowest BCUT2D eigenvalue weighted by Gasteiger charge is -2.11. The molecule has 2 aliphatic carbocycles. The summed E-state index contributed by atoms with van der Waals surface area (Å²) >= 11 is 0. The first-order valence-corrected chi connectivity index (χ1v) is 7.20. The minimum Gasteiger partial charge on any atom is -0.399 e. The molecule has 0 N–H and O–H groups in total. The number of hydrogen-bond acceptors (Lipinski definition) is 2. The second-order valence-corrected chi connectivity index (χ2v) is 5.58. The van der Waals surface area contributed by atoms with Crippen molar-refractivity contribution in [1.29, 1.82) is 0 Å². The first-order valence-electron chi connectivity index (χ1n) is 7.20. The van der Waals surface area contributed by atoms with Gasteiger partial charge in [0, 0.05) is 12.0 Å². The van der Waals surface area contributed by atoms with Gasteiger partial charge in [-0.2, -0.15) is 0 Å². The molecular formula is C18H17NO. The minimum absolute atomic E-state index is 0.586. The summed E-state index contributed by atoms with van der Waals surface area (Å²) in [5.74, 6) is 0.586. The van der Waals surface area contributed by atoms with Crippen molar-refractivity contribution in [2.45, 2.75) is 25.2 Å². The van der Waals surface area contributed by atoms with Crippen molar-refractivity contribution in [3.05, 3.63) is 59.2 Å². The second kappa shape index (κ2) is 4.48. The van der Waals surface area contributed by atoms with Crippen LogP contribution in [-0.2, 0) is 11.3 Å². The SMILES string of the molecule is CO/N=C1/CC2CCc3ccccc3-c3cccc1c32. The molecule has 0 heterocycles. The van der Waals surface area contributed by atoms with E-state index in [4.69, 9.17) is 4.84 Å². The highest BCUT2D eigenvalue weighted by Crippen LogP contribution is 2.46. The van der Waals surface area contributed by atoms with E-state index in [-0.39, 0.29) is 0 Å². The molecule has 0 spiro atoms. The van der Waals surface area contributed by atoms with Crippen molar-refractivity contribution in [3.63, 3.8) is 0 Å². The number of fused-ring (bicyclic) bond motifs is 2. The average molecular weight is 263 g/mol. The lowest BCUT2D eigenvalue weighted by molar-refractivity contribution is 0.213. The molecule has 1 atom stereocenters. The van der Waals surface area contributed by atoms with Crippen LogP contribution in [0.5, 0.6) is 0 Å². The summed E-state index contributed by atoms with van der Waals surface area (Å²) in [6.45, 7) is 0. The van der Waals surface area contributed by atoms with Crippen molar-refractivity contribution >= 4 is 5.71 Å². The van der Waals surface area contributed by atoms with Gasteiger partial charge in [-0.25, -0.2) is 0 Å². The average Bonchev–Trinajstić information content (AvgIpc) is 2.75. The van der Waals surface area contributed by atoms with Crippen molar-refractivity contribution in [2.24, 2.45) is 5.16 Å². The summed E-state index contributed by atoms with van der Waals surface area (Å²) in [6.07, 6.45) is 3.35. The Balaban J connectivity index is 1.99. The molecular weight excluding hydrogens is 246 g/mol. The Bertz CT molecular complexity index is 702. The van der Waals surface area contributed by atoms with Crippen LogP contribution in [0.1, 0.15) is 35.4 Å². The van der Waals surface area contributed by atoms with Gasteiger partial charge < -0.3 is 4.84 Å². The molecule has 20 heavy (non-hydrogen) atoms. The summed E-state index contributed by atoms with van der Waals surface area (Å²) in [4.78, 5) is 5.02. The molecule has 2 nitrogen and oxygen atoms in total. The Kier molecular flexibility index (Phi) is 2.62. The van der Waals surface area contributed by atoms with Crippen LogP contribution in [-0.4, -0.2) is 12.8 Å². The third-order valence-electron chi connectivity index (χ3n) is 4.54. The number of benzene rings is 2. The Labute approximate surface area is 119 Å². The van der Waals surface area contributed by atoms with Crippen molar-refractivity contribution in [3.8, 4) is 11.1 Å². The lowest BCUT2D eigenvalue weighted by atomic mass is 9.92. The van der Waals surface area contributed by atoms with Gasteiger partial charge >= 0.3 is 0 Å². The van der Waals surface area contributed by atoms with E-state index in [1.165, 1.54) is 34.2 Å². The highest BCUT2D eigenvalue weighted by atomic mass is 16.6. The molecule has 2 aromatic rings. The minimum atomic E-state index is 0.586. The zero-order chi connectivity index (χ0) is 13.5. The molecule has 0 saturated heterocycles.